The fraction of sp³-hybridized carbons (Fsp3) is 0.538. The number of piperidine rings is 1. The second-order valence-electron chi connectivity index (χ2n) is 5.05. The summed E-state index contributed by atoms with van der Waals surface area (Å²) in [6.45, 7) is -0.618. The lowest BCUT2D eigenvalue weighted by atomic mass is 9.96. The Morgan fingerprint density at radius 2 is 1.91 bits per heavy atom. The molecule has 0 N–H and O–H groups in total. The molecule has 9 heteroatoms. The van der Waals surface area contributed by atoms with Crippen molar-refractivity contribution in [2.45, 2.75) is 25.2 Å². The van der Waals surface area contributed by atoms with Crippen LogP contribution in [0.1, 0.15) is 28.8 Å². The normalized spacial score (nSPS) is 20.1. The number of alkyl halides is 6. The third-order valence-corrected chi connectivity index (χ3v) is 3.53. The Kier molecular flexibility index (Phi) is 4.35. The second kappa shape index (κ2) is 5.77. The Labute approximate surface area is 121 Å². The highest BCUT2D eigenvalue weighted by molar-refractivity contribution is 5.95. The Morgan fingerprint density at radius 3 is 2.50 bits per heavy atom. The minimum absolute atomic E-state index is 0.00499. The number of nitrogens with zero attached hydrogens (tertiary/aromatic N) is 2. The molecule has 1 aliphatic heterocycles. The molecule has 0 aromatic carbocycles. The van der Waals surface area contributed by atoms with E-state index in [4.69, 9.17) is 0 Å². The van der Waals surface area contributed by atoms with Crippen molar-refractivity contribution in [2.24, 2.45) is 5.92 Å². The van der Waals surface area contributed by atoms with Crippen LogP contribution in [0.2, 0.25) is 0 Å². The van der Waals surface area contributed by atoms with Gasteiger partial charge < -0.3 is 4.90 Å². The fourth-order valence-electron chi connectivity index (χ4n) is 2.41. The van der Waals surface area contributed by atoms with Gasteiger partial charge in [0.25, 0.3) is 5.91 Å². The number of aromatic nitrogens is 1. The molecule has 1 fully saturated rings. The van der Waals surface area contributed by atoms with E-state index in [9.17, 15) is 31.1 Å². The summed E-state index contributed by atoms with van der Waals surface area (Å²) in [5.74, 6) is -2.76. The highest BCUT2D eigenvalue weighted by atomic mass is 19.4. The lowest BCUT2D eigenvalue weighted by Crippen LogP contribution is -2.45. The van der Waals surface area contributed by atoms with Gasteiger partial charge in [-0.3, -0.25) is 9.78 Å². The zero-order valence-corrected chi connectivity index (χ0v) is 11.2. The maximum Gasteiger partial charge on any atom is 0.418 e. The first-order chi connectivity index (χ1) is 10.1. The van der Waals surface area contributed by atoms with Crippen molar-refractivity contribution in [3.8, 4) is 0 Å². The molecule has 1 saturated heterocycles. The SMILES string of the molecule is O=C(c1ccncc1C(F)(F)F)N1CCCC(C(F)(F)F)C1. The molecule has 1 aliphatic rings. The minimum atomic E-state index is -4.79. The third-order valence-electron chi connectivity index (χ3n) is 3.53. The summed E-state index contributed by atoms with van der Waals surface area (Å²) >= 11 is 0. The van der Waals surface area contributed by atoms with Crippen molar-refractivity contribution < 1.29 is 31.1 Å². The number of halogens is 6. The Morgan fingerprint density at radius 1 is 1.23 bits per heavy atom. The van der Waals surface area contributed by atoms with E-state index in [1.165, 1.54) is 0 Å². The van der Waals surface area contributed by atoms with Crippen LogP contribution < -0.4 is 0 Å². The molecule has 2 heterocycles. The molecule has 2 rings (SSSR count). The fourth-order valence-corrected chi connectivity index (χ4v) is 2.41. The number of carbonyl (C=O) groups is 1. The van der Waals surface area contributed by atoms with Crippen LogP contribution >= 0.6 is 0 Å². The third kappa shape index (κ3) is 3.50. The molecular formula is C13H12F6N2O. The first kappa shape index (κ1) is 16.6. The molecular weight excluding hydrogens is 314 g/mol. The molecule has 122 valence electrons. The van der Waals surface area contributed by atoms with Gasteiger partial charge in [-0.05, 0) is 18.9 Å². The van der Waals surface area contributed by atoms with Crippen LogP contribution in [0.25, 0.3) is 0 Å². The lowest BCUT2D eigenvalue weighted by Gasteiger charge is -2.34. The van der Waals surface area contributed by atoms with Crippen LogP contribution in [0, 0.1) is 5.92 Å². The van der Waals surface area contributed by atoms with Crippen LogP contribution in [0.3, 0.4) is 0 Å². The van der Waals surface area contributed by atoms with Gasteiger partial charge in [-0.25, -0.2) is 0 Å². The minimum Gasteiger partial charge on any atom is -0.338 e. The number of pyridine rings is 1. The van der Waals surface area contributed by atoms with E-state index in [-0.39, 0.29) is 19.4 Å². The number of carbonyl (C=O) groups excluding carboxylic acids is 1. The summed E-state index contributed by atoms with van der Waals surface area (Å²) in [4.78, 5) is 16.3. The summed E-state index contributed by atoms with van der Waals surface area (Å²) < 4.78 is 76.7. The smallest absolute Gasteiger partial charge is 0.338 e. The summed E-state index contributed by atoms with van der Waals surface area (Å²) in [6, 6.07) is 0.877. The zero-order valence-electron chi connectivity index (χ0n) is 11.2. The highest BCUT2D eigenvalue weighted by Crippen LogP contribution is 2.35. The molecule has 0 aliphatic carbocycles. The summed E-state index contributed by atoms with van der Waals surface area (Å²) in [6.07, 6.45) is -7.79. The van der Waals surface area contributed by atoms with E-state index in [1.807, 2.05) is 0 Å². The largest absolute Gasteiger partial charge is 0.418 e. The molecule has 1 atom stereocenters. The molecule has 0 spiro atoms. The van der Waals surface area contributed by atoms with Crippen LogP contribution in [0.15, 0.2) is 18.5 Å². The van der Waals surface area contributed by atoms with Crippen molar-refractivity contribution in [3.63, 3.8) is 0 Å². The van der Waals surface area contributed by atoms with Crippen molar-refractivity contribution in [1.29, 1.82) is 0 Å². The molecule has 1 amide bonds. The van der Waals surface area contributed by atoms with E-state index < -0.39 is 41.8 Å². The van der Waals surface area contributed by atoms with Crippen molar-refractivity contribution in [3.05, 3.63) is 29.6 Å². The Bertz CT molecular complexity index is 554. The number of rotatable bonds is 1. The van der Waals surface area contributed by atoms with Gasteiger partial charge in [-0.15, -0.1) is 0 Å². The number of hydrogen-bond acceptors (Lipinski definition) is 2. The summed E-state index contributed by atoms with van der Waals surface area (Å²) in [5.41, 5.74) is -1.92. The van der Waals surface area contributed by atoms with Crippen molar-refractivity contribution in [1.82, 2.24) is 9.88 Å². The average molecular weight is 326 g/mol. The molecule has 1 aromatic heterocycles. The quantitative estimate of drug-likeness (QED) is 0.740. The van der Waals surface area contributed by atoms with E-state index >= 15 is 0 Å². The van der Waals surface area contributed by atoms with Crippen molar-refractivity contribution in [2.75, 3.05) is 13.1 Å². The van der Waals surface area contributed by atoms with Crippen LogP contribution in [0.4, 0.5) is 26.3 Å². The van der Waals surface area contributed by atoms with E-state index in [0.29, 0.717) is 6.20 Å². The van der Waals surface area contributed by atoms with Crippen LogP contribution in [0.5, 0.6) is 0 Å². The summed E-state index contributed by atoms with van der Waals surface area (Å²) in [5, 5.41) is 0. The topological polar surface area (TPSA) is 33.2 Å². The van der Waals surface area contributed by atoms with Gasteiger partial charge in [0.15, 0.2) is 0 Å². The predicted octanol–water partition coefficient (Wildman–Crippen LogP) is 3.51. The average Bonchev–Trinajstić information content (AvgIpc) is 2.45. The molecule has 3 nitrogen and oxygen atoms in total. The maximum atomic E-state index is 12.9. The Hall–Kier alpha value is -1.80. The van der Waals surface area contributed by atoms with E-state index in [2.05, 4.69) is 4.98 Å². The molecule has 0 bridgehead atoms. The number of amides is 1. The number of hydrogen-bond donors (Lipinski definition) is 0. The van der Waals surface area contributed by atoms with Crippen LogP contribution in [-0.2, 0) is 6.18 Å². The molecule has 0 saturated carbocycles. The summed E-state index contributed by atoms with van der Waals surface area (Å²) in [7, 11) is 0. The highest BCUT2D eigenvalue weighted by Gasteiger charge is 2.44. The molecule has 22 heavy (non-hydrogen) atoms. The lowest BCUT2D eigenvalue weighted by molar-refractivity contribution is -0.184. The van der Waals surface area contributed by atoms with Gasteiger partial charge in [0.2, 0.25) is 0 Å². The first-order valence-electron chi connectivity index (χ1n) is 6.48. The first-order valence-corrected chi connectivity index (χ1v) is 6.48. The molecule has 0 radical (unpaired) electrons. The zero-order chi connectivity index (χ0) is 16.5. The van der Waals surface area contributed by atoms with Gasteiger partial charge >= 0.3 is 12.4 Å². The van der Waals surface area contributed by atoms with Gasteiger partial charge in [-0.1, -0.05) is 0 Å². The van der Waals surface area contributed by atoms with Crippen LogP contribution in [-0.4, -0.2) is 35.1 Å². The van der Waals surface area contributed by atoms with E-state index in [0.717, 1.165) is 17.2 Å². The Balaban J connectivity index is 2.26. The van der Waals surface area contributed by atoms with Gasteiger partial charge in [0, 0.05) is 25.5 Å². The van der Waals surface area contributed by atoms with Gasteiger partial charge in [0.05, 0.1) is 17.0 Å². The maximum absolute atomic E-state index is 12.9. The number of likely N-dealkylation sites (tertiary alicyclic amines) is 1. The van der Waals surface area contributed by atoms with Crippen molar-refractivity contribution >= 4 is 5.91 Å². The second-order valence-corrected chi connectivity index (χ2v) is 5.05. The van der Waals surface area contributed by atoms with E-state index in [1.54, 1.807) is 0 Å². The van der Waals surface area contributed by atoms with Gasteiger partial charge in [0.1, 0.15) is 0 Å². The monoisotopic (exact) mass is 326 g/mol. The molecule has 1 unspecified atom stereocenters. The molecule has 1 aromatic rings. The standard InChI is InChI=1S/C13H12F6N2O/c14-12(15,16)8-2-1-5-21(7-8)11(22)9-3-4-20-6-10(9)13(17,18)19/h3-4,6,8H,1-2,5,7H2. The van der Waals surface area contributed by atoms with Gasteiger partial charge in [-0.2, -0.15) is 26.3 Å². The predicted molar refractivity (Wildman–Crippen MR) is 63.9 cm³/mol.